The number of hydrogen-bond acceptors (Lipinski definition) is 2. The van der Waals surface area contributed by atoms with Crippen LogP contribution in [0.1, 0.15) is 30.0 Å². The third-order valence-electron chi connectivity index (χ3n) is 3.78. The van der Waals surface area contributed by atoms with Gasteiger partial charge in [0, 0.05) is 19.3 Å². The van der Waals surface area contributed by atoms with E-state index in [0.29, 0.717) is 0 Å². The fourth-order valence-electron chi connectivity index (χ4n) is 2.75. The maximum Gasteiger partial charge on any atom is 0.236 e. The molecule has 3 heteroatoms. The van der Waals surface area contributed by atoms with Crippen LogP contribution >= 0.6 is 0 Å². The van der Waals surface area contributed by atoms with Crippen molar-refractivity contribution in [2.45, 2.75) is 18.8 Å². The van der Waals surface area contributed by atoms with E-state index in [0.717, 1.165) is 37.2 Å². The number of nitrogens with zero attached hydrogens (tertiary/aromatic N) is 2. The molecule has 3 nitrogen and oxygen atoms in total. The number of amides is 1. The molecule has 0 aliphatic carbocycles. The number of carbonyl (C=O) groups is 1. The summed E-state index contributed by atoms with van der Waals surface area (Å²) in [6.07, 6.45) is 3.97. The Kier molecular flexibility index (Phi) is 3.77. The van der Waals surface area contributed by atoms with E-state index >= 15 is 0 Å². The van der Waals surface area contributed by atoms with Gasteiger partial charge in [-0.2, -0.15) is 0 Å². The number of aromatic nitrogens is 1. The highest BCUT2D eigenvalue weighted by molar-refractivity contribution is 5.86. The van der Waals surface area contributed by atoms with Gasteiger partial charge >= 0.3 is 0 Å². The maximum absolute atomic E-state index is 12.8. The van der Waals surface area contributed by atoms with Crippen LogP contribution in [0.5, 0.6) is 0 Å². The van der Waals surface area contributed by atoms with Gasteiger partial charge in [-0.25, -0.2) is 0 Å². The summed E-state index contributed by atoms with van der Waals surface area (Å²) in [5.41, 5.74) is 1.85. The molecule has 0 saturated carbocycles. The quantitative estimate of drug-likeness (QED) is 0.856. The van der Waals surface area contributed by atoms with Crippen molar-refractivity contribution in [3.05, 3.63) is 66.0 Å². The van der Waals surface area contributed by atoms with Crippen molar-refractivity contribution in [3.63, 3.8) is 0 Å². The molecule has 102 valence electrons. The summed E-state index contributed by atoms with van der Waals surface area (Å²) in [7, 11) is 0. The van der Waals surface area contributed by atoms with Gasteiger partial charge < -0.3 is 4.90 Å². The van der Waals surface area contributed by atoms with Crippen LogP contribution in [0.15, 0.2) is 54.7 Å². The Balaban J connectivity index is 1.97. The zero-order valence-corrected chi connectivity index (χ0v) is 11.4. The lowest BCUT2D eigenvalue weighted by molar-refractivity contribution is -0.130. The van der Waals surface area contributed by atoms with E-state index < -0.39 is 0 Å². The van der Waals surface area contributed by atoms with Crippen molar-refractivity contribution >= 4 is 5.91 Å². The molecule has 0 radical (unpaired) electrons. The summed E-state index contributed by atoms with van der Waals surface area (Å²) in [6, 6.07) is 15.7. The fourth-order valence-corrected chi connectivity index (χ4v) is 2.75. The third-order valence-corrected chi connectivity index (χ3v) is 3.78. The number of hydrogen-bond donors (Lipinski definition) is 0. The van der Waals surface area contributed by atoms with Crippen molar-refractivity contribution in [1.82, 2.24) is 9.88 Å². The van der Waals surface area contributed by atoms with Crippen LogP contribution in [0.4, 0.5) is 0 Å². The molecule has 3 rings (SSSR count). The Morgan fingerprint density at radius 3 is 2.35 bits per heavy atom. The van der Waals surface area contributed by atoms with E-state index in [4.69, 9.17) is 0 Å². The Labute approximate surface area is 119 Å². The molecular formula is C17H18N2O. The highest BCUT2D eigenvalue weighted by Crippen LogP contribution is 2.26. The van der Waals surface area contributed by atoms with E-state index in [-0.39, 0.29) is 11.8 Å². The number of likely N-dealkylation sites (tertiary alicyclic amines) is 1. The van der Waals surface area contributed by atoms with Crippen LogP contribution in [0.3, 0.4) is 0 Å². The van der Waals surface area contributed by atoms with Crippen LogP contribution < -0.4 is 0 Å². The highest BCUT2D eigenvalue weighted by atomic mass is 16.2. The van der Waals surface area contributed by atoms with E-state index in [2.05, 4.69) is 4.98 Å². The van der Waals surface area contributed by atoms with E-state index in [1.165, 1.54) is 0 Å². The lowest BCUT2D eigenvalue weighted by Crippen LogP contribution is -2.33. The minimum Gasteiger partial charge on any atom is -0.342 e. The summed E-state index contributed by atoms with van der Waals surface area (Å²) >= 11 is 0. The summed E-state index contributed by atoms with van der Waals surface area (Å²) in [5, 5.41) is 0. The van der Waals surface area contributed by atoms with Crippen molar-refractivity contribution in [3.8, 4) is 0 Å². The summed E-state index contributed by atoms with van der Waals surface area (Å²) in [4.78, 5) is 19.2. The molecule has 0 N–H and O–H groups in total. The van der Waals surface area contributed by atoms with Gasteiger partial charge in [-0.1, -0.05) is 36.4 Å². The average Bonchev–Trinajstić information content (AvgIpc) is 3.04. The van der Waals surface area contributed by atoms with Crippen molar-refractivity contribution in [2.75, 3.05) is 13.1 Å². The highest BCUT2D eigenvalue weighted by Gasteiger charge is 2.29. The van der Waals surface area contributed by atoms with Crippen molar-refractivity contribution < 1.29 is 4.79 Å². The van der Waals surface area contributed by atoms with E-state index in [1.807, 2.05) is 53.4 Å². The molecule has 1 aromatic heterocycles. The Morgan fingerprint density at radius 1 is 1.00 bits per heavy atom. The van der Waals surface area contributed by atoms with Gasteiger partial charge in [-0.3, -0.25) is 9.78 Å². The second-order valence-corrected chi connectivity index (χ2v) is 5.13. The minimum absolute atomic E-state index is 0.174. The SMILES string of the molecule is O=C(C(c1ccccc1)c1ccccn1)N1CCCC1. The molecule has 0 bridgehead atoms. The Morgan fingerprint density at radius 2 is 1.70 bits per heavy atom. The second kappa shape index (κ2) is 5.87. The first-order chi connectivity index (χ1) is 9.86. The summed E-state index contributed by atoms with van der Waals surface area (Å²) in [6.45, 7) is 1.74. The van der Waals surface area contributed by atoms with Gasteiger partial charge in [0.2, 0.25) is 5.91 Å². The molecule has 2 aromatic rings. The molecule has 1 aliphatic heterocycles. The first kappa shape index (κ1) is 12.9. The topological polar surface area (TPSA) is 33.2 Å². The van der Waals surface area contributed by atoms with Crippen LogP contribution in [-0.4, -0.2) is 28.9 Å². The minimum atomic E-state index is -0.282. The monoisotopic (exact) mass is 266 g/mol. The smallest absolute Gasteiger partial charge is 0.236 e. The van der Waals surface area contributed by atoms with E-state index in [1.54, 1.807) is 6.20 Å². The van der Waals surface area contributed by atoms with Crippen molar-refractivity contribution in [1.29, 1.82) is 0 Å². The largest absolute Gasteiger partial charge is 0.342 e. The number of pyridine rings is 1. The van der Waals surface area contributed by atoms with Gasteiger partial charge in [0.15, 0.2) is 0 Å². The van der Waals surface area contributed by atoms with Crippen molar-refractivity contribution in [2.24, 2.45) is 0 Å². The van der Waals surface area contributed by atoms with Gasteiger partial charge in [-0.15, -0.1) is 0 Å². The molecule has 0 spiro atoms. The number of rotatable bonds is 3. The first-order valence-corrected chi connectivity index (χ1v) is 7.11. The normalized spacial score (nSPS) is 16.1. The predicted octanol–water partition coefficient (Wildman–Crippen LogP) is 2.84. The van der Waals surface area contributed by atoms with Crippen LogP contribution in [0.2, 0.25) is 0 Å². The third kappa shape index (κ3) is 2.57. The molecule has 1 aliphatic rings. The van der Waals surface area contributed by atoms with Gasteiger partial charge in [0.25, 0.3) is 0 Å². The predicted molar refractivity (Wildman–Crippen MR) is 78.3 cm³/mol. The zero-order valence-electron chi connectivity index (χ0n) is 11.4. The molecule has 1 aromatic carbocycles. The van der Waals surface area contributed by atoms with Crippen LogP contribution in [0, 0.1) is 0 Å². The lowest BCUT2D eigenvalue weighted by Gasteiger charge is -2.23. The van der Waals surface area contributed by atoms with Gasteiger partial charge in [0.05, 0.1) is 5.69 Å². The molecule has 1 saturated heterocycles. The summed E-state index contributed by atoms with van der Waals surface area (Å²) in [5.74, 6) is -0.108. The van der Waals surface area contributed by atoms with Crippen LogP contribution in [-0.2, 0) is 4.79 Å². The van der Waals surface area contributed by atoms with Gasteiger partial charge in [0.1, 0.15) is 5.92 Å². The van der Waals surface area contributed by atoms with Gasteiger partial charge in [-0.05, 0) is 30.5 Å². The molecule has 1 amide bonds. The summed E-state index contributed by atoms with van der Waals surface area (Å²) < 4.78 is 0. The average molecular weight is 266 g/mol. The standard InChI is InChI=1S/C17H18N2O/c20-17(19-12-6-7-13-19)16(14-8-2-1-3-9-14)15-10-4-5-11-18-15/h1-5,8-11,16H,6-7,12-13H2. The van der Waals surface area contributed by atoms with Crippen LogP contribution in [0.25, 0.3) is 0 Å². The number of carbonyl (C=O) groups excluding carboxylic acids is 1. The molecule has 1 unspecified atom stereocenters. The fraction of sp³-hybridized carbons (Fsp3) is 0.294. The lowest BCUT2D eigenvalue weighted by atomic mass is 9.93. The molecule has 2 heterocycles. The molecule has 1 fully saturated rings. The molecule has 1 atom stereocenters. The Hall–Kier alpha value is -2.16. The first-order valence-electron chi connectivity index (χ1n) is 7.11. The number of benzene rings is 1. The zero-order chi connectivity index (χ0) is 13.8. The molecule has 20 heavy (non-hydrogen) atoms. The Bertz CT molecular complexity index is 523. The maximum atomic E-state index is 12.8. The second-order valence-electron chi connectivity index (χ2n) is 5.13. The molecular weight excluding hydrogens is 248 g/mol. The van der Waals surface area contributed by atoms with E-state index in [9.17, 15) is 4.79 Å².